The molecule has 2 aliphatic heterocycles. The van der Waals surface area contributed by atoms with E-state index in [0.29, 0.717) is 17.2 Å². The lowest BCUT2D eigenvalue weighted by molar-refractivity contribution is -0.133. The molecule has 0 radical (unpaired) electrons. The number of carbonyl (C=O) groups is 1. The van der Waals surface area contributed by atoms with Crippen LogP contribution >= 0.6 is 11.8 Å². The second-order valence-corrected chi connectivity index (χ2v) is 6.65. The molecule has 0 bridgehead atoms. The molecule has 4 heteroatoms. The van der Waals surface area contributed by atoms with E-state index >= 15 is 0 Å². The van der Waals surface area contributed by atoms with Crippen molar-refractivity contribution < 1.29 is 4.79 Å². The molecule has 2 fully saturated rings. The summed E-state index contributed by atoms with van der Waals surface area (Å²) in [6.07, 6.45) is 1.02. The monoisotopic (exact) mass is 242 g/mol. The number of amides is 1. The molecule has 2 saturated heterocycles. The first-order valence-corrected chi connectivity index (χ1v) is 7.30. The van der Waals surface area contributed by atoms with E-state index in [4.69, 9.17) is 0 Å². The molecule has 92 valence electrons. The van der Waals surface area contributed by atoms with Gasteiger partial charge in [0.25, 0.3) is 0 Å². The van der Waals surface area contributed by atoms with Gasteiger partial charge in [0, 0.05) is 36.7 Å². The highest BCUT2D eigenvalue weighted by Gasteiger charge is 2.38. The van der Waals surface area contributed by atoms with Crippen molar-refractivity contribution in [3.63, 3.8) is 0 Å². The smallest absolute Gasteiger partial charge is 0.240 e. The fraction of sp³-hybridized carbons (Fsp3) is 0.917. The standard InChI is InChI=1S/C12H22N2OS/c1-9(2)14-5-4-11(12(14)15)13-6-7-16-10(3)8-13/h9-11H,4-8H2,1-3H3/t10-,11+/m1/s1. The number of hydrogen-bond donors (Lipinski definition) is 0. The molecule has 0 spiro atoms. The van der Waals surface area contributed by atoms with Crippen molar-refractivity contribution >= 4 is 17.7 Å². The molecule has 0 aromatic carbocycles. The average molecular weight is 242 g/mol. The van der Waals surface area contributed by atoms with Crippen molar-refractivity contribution in [2.75, 3.05) is 25.4 Å². The van der Waals surface area contributed by atoms with Crippen LogP contribution in [0.5, 0.6) is 0 Å². The molecule has 0 aromatic heterocycles. The Labute approximate surface area is 103 Å². The second-order valence-electron chi connectivity index (χ2n) is 5.11. The molecule has 0 unspecified atom stereocenters. The van der Waals surface area contributed by atoms with Gasteiger partial charge < -0.3 is 4.90 Å². The van der Waals surface area contributed by atoms with Gasteiger partial charge in [0.15, 0.2) is 0 Å². The molecular formula is C12H22N2OS. The normalized spacial score (nSPS) is 32.8. The third-order valence-electron chi connectivity index (χ3n) is 3.55. The lowest BCUT2D eigenvalue weighted by Gasteiger charge is -2.34. The van der Waals surface area contributed by atoms with Gasteiger partial charge in [-0.05, 0) is 20.3 Å². The minimum atomic E-state index is 0.172. The summed E-state index contributed by atoms with van der Waals surface area (Å²) in [5.41, 5.74) is 0. The Morgan fingerprint density at radius 1 is 1.38 bits per heavy atom. The maximum atomic E-state index is 12.2. The van der Waals surface area contributed by atoms with Gasteiger partial charge in [-0.15, -0.1) is 0 Å². The van der Waals surface area contributed by atoms with E-state index < -0.39 is 0 Å². The maximum absolute atomic E-state index is 12.2. The Balaban J connectivity index is 1.98. The van der Waals surface area contributed by atoms with Crippen LogP contribution in [-0.2, 0) is 4.79 Å². The van der Waals surface area contributed by atoms with E-state index in [1.807, 2.05) is 16.7 Å². The van der Waals surface area contributed by atoms with Gasteiger partial charge >= 0.3 is 0 Å². The van der Waals surface area contributed by atoms with Gasteiger partial charge in [-0.1, -0.05) is 6.92 Å². The molecule has 0 aromatic rings. The van der Waals surface area contributed by atoms with Crippen LogP contribution in [0.2, 0.25) is 0 Å². The third kappa shape index (κ3) is 2.38. The van der Waals surface area contributed by atoms with Gasteiger partial charge in [-0.25, -0.2) is 0 Å². The number of rotatable bonds is 2. The van der Waals surface area contributed by atoms with Crippen LogP contribution in [0.4, 0.5) is 0 Å². The molecule has 2 atom stereocenters. The van der Waals surface area contributed by atoms with Crippen molar-refractivity contribution in [1.82, 2.24) is 9.80 Å². The summed E-state index contributed by atoms with van der Waals surface area (Å²) in [6.45, 7) is 9.57. The summed E-state index contributed by atoms with van der Waals surface area (Å²) in [6, 6.07) is 0.528. The quantitative estimate of drug-likeness (QED) is 0.732. The first-order valence-electron chi connectivity index (χ1n) is 6.25. The Morgan fingerprint density at radius 3 is 2.69 bits per heavy atom. The average Bonchev–Trinajstić information content (AvgIpc) is 2.60. The van der Waals surface area contributed by atoms with Crippen molar-refractivity contribution in [3.05, 3.63) is 0 Å². The first kappa shape index (κ1) is 12.2. The lowest BCUT2D eigenvalue weighted by Crippen LogP contribution is -2.48. The summed E-state index contributed by atoms with van der Waals surface area (Å²) in [7, 11) is 0. The Bertz CT molecular complexity index is 270. The van der Waals surface area contributed by atoms with Crippen LogP contribution in [-0.4, -0.2) is 58.4 Å². The number of likely N-dealkylation sites (tertiary alicyclic amines) is 1. The molecule has 16 heavy (non-hydrogen) atoms. The number of hydrogen-bond acceptors (Lipinski definition) is 3. The van der Waals surface area contributed by atoms with Crippen LogP contribution < -0.4 is 0 Å². The molecule has 2 rings (SSSR count). The fourth-order valence-corrected chi connectivity index (χ4v) is 3.71. The topological polar surface area (TPSA) is 23.6 Å². The minimum absolute atomic E-state index is 0.172. The molecule has 3 nitrogen and oxygen atoms in total. The third-order valence-corrected chi connectivity index (χ3v) is 4.68. The zero-order chi connectivity index (χ0) is 11.7. The molecule has 0 aliphatic carbocycles. The van der Waals surface area contributed by atoms with E-state index in [2.05, 4.69) is 25.7 Å². The largest absolute Gasteiger partial charge is 0.339 e. The van der Waals surface area contributed by atoms with E-state index in [1.165, 1.54) is 5.75 Å². The van der Waals surface area contributed by atoms with Gasteiger partial charge in [-0.3, -0.25) is 9.69 Å². The first-order chi connectivity index (χ1) is 7.59. The van der Waals surface area contributed by atoms with E-state index in [-0.39, 0.29) is 6.04 Å². The maximum Gasteiger partial charge on any atom is 0.240 e. The molecule has 2 heterocycles. The zero-order valence-electron chi connectivity index (χ0n) is 10.5. The Kier molecular flexibility index (Phi) is 3.80. The van der Waals surface area contributed by atoms with E-state index in [1.54, 1.807) is 0 Å². The highest BCUT2D eigenvalue weighted by Crippen LogP contribution is 2.25. The van der Waals surface area contributed by atoms with Crippen LogP contribution in [0.1, 0.15) is 27.2 Å². The van der Waals surface area contributed by atoms with Crippen LogP contribution in [0.3, 0.4) is 0 Å². The lowest BCUT2D eigenvalue weighted by atomic mass is 10.2. The predicted molar refractivity (Wildman–Crippen MR) is 68.7 cm³/mol. The van der Waals surface area contributed by atoms with Gasteiger partial charge in [0.1, 0.15) is 0 Å². The van der Waals surface area contributed by atoms with Crippen LogP contribution in [0.15, 0.2) is 0 Å². The van der Waals surface area contributed by atoms with Crippen molar-refractivity contribution in [3.8, 4) is 0 Å². The van der Waals surface area contributed by atoms with E-state index in [9.17, 15) is 4.79 Å². The number of carbonyl (C=O) groups excluding carboxylic acids is 1. The van der Waals surface area contributed by atoms with Crippen LogP contribution in [0, 0.1) is 0 Å². The molecule has 1 amide bonds. The summed E-state index contributed by atoms with van der Waals surface area (Å²) in [5.74, 6) is 1.53. The van der Waals surface area contributed by atoms with E-state index in [0.717, 1.165) is 26.1 Å². The molecule has 2 aliphatic rings. The Hall–Kier alpha value is -0.220. The van der Waals surface area contributed by atoms with Gasteiger partial charge in [0.05, 0.1) is 6.04 Å². The number of nitrogens with zero attached hydrogens (tertiary/aromatic N) is 2. The minimum Gasteiger partial charge on any atom is -0.339 e. The zero-order valence-corrected chi connectivity index (χ0v) is 11.3. The van der Waals surface area contributed by atoms with Crippen molar-refractivity contribution in [2.45, 2.75) is 44.5 Å². The predicted octanol–water partition coefficient (Wildman–Crippen LogP) is 1.43. The number of thioether (sulfide) groups is 1. The van der Waals surface area contributed by atoms with Crippen molar-refractivity contribution in [1.29, 1.82) is 0 Å². The highest BCUT2D eigenvalue weighted by molar-refractivity contribution is 7.99. The summed E-state index contributed by atoms with van der Waals surface area (Å²) in [4.78, 5) is 16.6. The second kappa shape index (κ2) is 4.96. The molecule has 0 N–H and O–H groups in total. The molecule has 0 saturated carbocycles. The molecular weight excluding hydrogens is 220 g/mol. The SMILES string of the molecule is CC(C)N1CC[C@H](N2CCS[C@H](C)C2)C1=O. The van der Waals surface area contributed by atoms with Crippen molar-refractivity contribution in [2.24, 2.45) is 0 Å². The summed E-state index contributed by atoms with van der Waals surface area (Å²) < 4.78 is 0. The van der Waals surface area contributed by atoms with Gasteiger partial charge in [0.2, 0.25) is 5.91 Å². The Morgan fingerprint density at radius 2 is 2.12 bits per heavy atom. The highest BCUT2D eigenvalue weighted by atomic mass is 32.2. The summed E-state index contributed by atoms with van der Waals surface area (Å²) >= 11 is 2.02. The van der Waals surface area contributed by atoms with Crippen LogP contribution in [0.25, 0.3) is 0 Å². The fourth-order valence-electron chi connectivity index (χ4n) is 2.67. The van der Waals surface area contributed by atoms with Gasteiger partial charge in [-0.2, -0.15) is 11.8 Å². The summed E-state index contributed by atoms with van der Waals surface area (Å²) in [5, 5.41) is 0.676.